The van der Waals surface area contributed by atoms with Gasteiger partial charge in [-0.2, -0.15) is 5.10 Å². The average molecular weight is 288 g/mol. The molecule has 3 rings (SSSR count). The largest absolute Gasteiger partial charge is 0.478 e. The summed E-state index contributed by atoms with van der Waals surface area (Å²) >= 11 is 0. The van der Waals surface area contributed by atoms with Gasteiger partial charge in [0, 0.05) is 13.2 Å². The van der Waals surface area contributed by atoms with E-state index in [0.717, 1.165) is 4.68 Å². The van der Waals surface area contributed by atoms with E-state index >= 15 is 0 Å². The summed E-state index contributed by atoms with van der Waals surface area (Å²) in [4.78, 5) is 25.4. The van der Waals surface area contributed by atoms with Crippen molar-refractivity contribution in [3.05, 3.63) is 40.3 Å². The van der Waals surface area contributed by atoms with Gasteiger partial charge in [-0.15, -0.1) is 4.68 Å². The first-order chi connectivity index (χ1) is 9.99. The third kappa shape index (κ3) is 1.89. The van der Waals surface area contributed by atoms with E-state index in [2.05, 4.69) is 15.2 Å². The first-order valence-corrected chi connectivity index (χ1v) is 5.73. The Hall–Kier alpha value is -3.30. The number of fused-ring (bicyclic) bond motifs is 1. The fraction of sp³-hybridized carbons (Fsp3) is 0.0909. The van der Waals surface area contributed by atoms with E-state index in [-0.39, 0.29) is 17.1 Å². The van der Waals surface area contributed by atoms with Gasteiger partial charge in [0.15, 0.2) is 5.65 Å². The van der Waals surface area contributed by atoms with Crippen molar-refractivity contribution in [2.24, 2.45) is 7.05 Å². The lowest BCUT2D eigenvalue weighted by molar-refractivity contribution is -0.389. The summed E-state index contributed by atoms with van der Waals surface area (Å²) in [7, 11) is 1.66. The quantitative estimate of drug-likeness (QED) is 0.556. The first kappa shape index (κ1) is 12.7. The zero-order valence-corrected chi connectivity index (χ0v) is 10.7. The zero-order chi connectivity index (χ0) is 15.1. The molecule has 0 aliphatic heterocycles. The Balaban J connectivity index is 2.34. The highest BCUT2D eigenvalue weighted by Crippen LogP contribution is 2.24. The summed E-state index contributed by atoms with van der Waals surface area (Å²) in [5, 5.41) is 28.2. The van der Waals surface area contributed by atoms with Gasteiger partial charge in [-0.1, -0.05) is 0 Å². The number of hydrogen-bond acceptors (Lipinski definition) is 6. The number of aromatic carboxylic acids is 1. The summed E-state index contributed by atoms with van der Waals surface area (Å²) < 4.78 is 2.62. The van der Waals surface area contributed by atoms with Crippen molar-refractivity contribution in [3.63, 3.8) is 0 Å². The van der Waals surface area contributed by atoms with Crippen LogP contribution in [0.3, 0.4) is 0 Å². The summed E-state index contributed by atoms with van der Waals surface area (Å²) in [6, 6.07) is 1.19. The van der Waals surface area contributed by atoms with Crippen molar-refractivity contribution >= 4 is 22.8 Å². The maximum Gasteiger partial charge on any atom is 0.390 e. The van der Waals surface area contributed by atoms with Crippen molar-refractivity contribution in [1.29, 1.82) is 0 Å². The van der Waals surface area contributed by atoms with Crippen LogP contribution in [-0.4, -0.2) is 40.5 Å². The van der Waals surface area contributed by atoms with E-state index in [1.165, 1.54) is 29.3 Å². The number of carboxylic acid groups (broad SMARTS) is 1. The minimum absolute atomic E-state index is 0.117. The molecule has 0 radical (unpaired) electrons. The van der Waals surface area contributed by atoms with Gasteiger partial charge in [0.05, 0.1) is 28.9 Å². The maximum atomic E-state index is 11.3. The molecule has 0 amide bonds. The topological polar surface area (TPSA) is 129 Å². The predicted molar refractivity (Wildman–Crippen MR) is 69.2 cm³/mol. The molecule has 0 unspecified atom stereocenters. The second-order valence-electron chi connectivity index (χ2n) is 4.21. The molecule has 3 heterocycles. The third-order valence-electron chi connectivity index (χ3n) is 2.96. The molecule has 1 N–H and O–H groups in total. The molecule has 10 nitrogen and oxygen atoms in total. The van der Waals surface area contributed by atoms with Crippen molar-refractivity contribution in [2.45, 2.75) is 0 Å². The second-order valence-corrected chi connectivity index (χ2v) is 4.21. The summed E-state index contributed by atoms with van der Waals surface area (Å²) in [6.07, 6.45) is 3.94. The van der Waals surface area contributed by atoms with Crippen LogP contribution < -0.4 is 0 Å². The van der Waals surface area contributed by atoms with Crippen molar-refractivity contribution < 1.29 is 14.8 Å². The van der Waals surface area contributed by atoms with Crippen LogP contribution in [-0.2, 0) is 7.05 Å². The molecule has 106 valence electrons. The van der Waals surface area contributed by atoms with Crippen LogP contribution in [0.15, 0.2) is 24.7 Å². The van der Waals surface area contributed by atoms with E-state index in [9.17, 15) is 20.0 Å². The van der Waals surface area contributed by atoms with E-state index < -0.39 is 10.9 Å². The normalized spacial score (nSPS) is 10.9. The van der Waals surface area contributed by atoms with E-state index in [4.69, 9.17) is 0 Å². The number of aromatic nitrogens is 5. The molecule has 0 aliphatic carbocycles. The number of rotatable bonds is 3. The van der Waals surface area contributed by atoms with Gasteiger partial charge in [0.25, 0.3) is 0 Å². The van der Waals surface area contributed by atoms with E-state index in [1.807, 2.05) is 0 Å². The van der Waals surface area contributed by atoms with E-state index in [0.29, 0.717) is 11.0 Å². The molecule has 0 aliphatic rings. The van der Waals surface area contributed by atoms with Crippen LogP contribution in [0.2, 0.25) is 0 Å². The van der Waals surface area contributed by atoms with Gasteiger partial charge in [0.2, 0.25) is 0 Å². The fourth-order valence-electron chi connectivity index (χ4n) is 2.02. The van der Waals surface area contributed by atoms with Crippen molar-refractivity contribution in [2.75, 3.05) is 0 Å². The summed E-state index contributed by atoms with van der Waals surface area (Å²) in [6.45, 7) is 0. The molecule has 10 heteroatoms. The number of aryl methyl sites for hydroxylation is 1. The fourth-order valence-corrected chi connectivity index (χ4v) is 2.02. The van der Waals surface area contributed by atoms with E-state index in [1.54, 1.807) is 7.05 Å². The van der Waals surface area contributed by atoms with Crippen molar-refractivity contribution in [3.8, 4) is 5.69 Å². The molecule has 0 saturated carbocycles. The Morgan fingerprint density at radius 3 is 2.81 bits per heavy atom. The Bertz CT molecular complexity index is 880. The minimum Gasteiger partial charge on any atom is -0.478 e. The molecule has 0 atom stereocenters. The highest BCUT2D eigenvalue weighted by molar-refractivity contribution is 5.99. The number of carboxylic acids is 1. The van der Waals surface area contributed by atoms with Gasteiger partial charge < -0.3 is 15.2 Å². The minimum atomic E-state index is -1.21. The van der Waals surface area contributed by atoms with Gasteiger partial charge in [-0.3, -0.25) is 4.68 Å². The molecule has 0 bridgehead atoms. The third-order valence-corrected chi connectivity index (χ3v) is 2.96. The molecule has 3 aromatic heterocycles. The monoisotopic (exact) mass is 288 g/mol. The molecule has 0 aromatic carbocycles. The molecule has 0 saturated heterocycles. The Morgan fingerprint density at radius 2 is 2.19 bits per heavy atom. The van der Waals surface area contributed by atoms with Crippen LogP contribution in [0, 0.1) is 10.1 Å². The van der Waals surface area contributed by atoms with Crippen LogP contribution >= 0.6 is 0 Å². The van der Waals surface area contributed by atoms with Gasteiger partial charge in [0.1, 0.15) is 11.3 Å². The Morgan fingerprint density at radius 1 is 1.43 bits per heavy atom. The molecular weight excluding hydrogens is 280 g/mol. The van der Waals surface area contributed by atoms with Crippen LogP contribution in [0.1, 0.15) is 10.4 Å². The molecule has 3 aromatic rings. The zero-order valence-electron chi connectivity index (χ0n) is 10.7. The SMILES string of the molecule is Cn1ncc2c(-n3ccc([N+](=O)[O-])n3)c(C(=O)O)cnc21. The van der Waals surface area contributed by atoms with Crippen LogP contribution in [0.5, 0.6) is 0 Å². The molecule has 0 spiro atoms. The number of hydrogen-bond donors (Lipinski definition) is 1. The summed E-state index contributed by atoms with van der Waals surface area (Å²) in [5.41, 5.74) is 0.523. The van der Waals surface area contributed by atoms with Crippen LogP contribution in [0.4, 0.5) is 5.82 Å². The highest BCUT2D eigenvalue weighted by Gasteiger charge is 2.22. The number of nitrogens with zero attached hydrogens (tertiary/aromatic N) is 6. The predicted octanol–water partition coefficient (Wildman–Crippen LogP) is 0.760. The highest BCUT2D eigenvalue weighted by atomic mass is 16.6. The lowest BCUT2D eigenvalue weighted by Gasteiger charge is -2.04. The second kappa shape index (κ2) is 4.37. The Kier molecular flexibility index (Phi) is 2.65. The van der Waals surface area contributed by atoms with Gasteiger partial charge in [-0.05, 0) is 4.92 Å². The Labute approximate surface area is 116 Å². The molecule has 21 heavy (non-hydrogen) atoms. The molecular formula is C11H8N6O4. The maximum absolute atomic E-state index is 11.3. The smallest absolute Gasteiger partial charge is 0.390 e. The number of pyridine rings is 1. The number of carbonyl (C=O) groups is 1. The summed E-state index contributed by atoms with van der Waals surface area (Å²) in [5.74, 6) is -1.58. The lowest BCUT2D eigenvalue weighted by Crippen LogP contribution is -2.08. The first-order valence-electron chi connectivity index (χ1n) is 5.73. The molecule has 0 fully saturated rings. The van der Waals surface area contributed by atoms with Crippen LogP contribution in [0.25, 0.3) is 16.7 Å². The lowest BCUT2D eigenvalue weighted by atomic mass is 10.2. The number of nitro groups is 1. The van der Waals surface area contributed by atoms with Gasteiger partial charge in [-0.25, -0.2) is 9.78 Å². The standard InChI is InChI=1S/C11H8N6O4/c1-15-10-6(5-13-15)9(7(4-12-10)11(18)19)16-3-2-8(14-16)17(20)21/h2-5H,1H3,(H,18,19). The van der Waals surface area contributed by atoms with Gasteiger partial charge >= 0.3 is 11.8 Å². The average Bonchev–Trinajstić information content (AvgIpc) is 3.05. The van der Waals surface area contributed by atoms with Crippen molar-refractivity contribution in [1.82, 2.24) is 24.5 Å².